The molecule has 1 amide bonds. The van der Waals surface area contributed by atoms with Crippen LogP contribution in [0.4, 0.5) is 5.69 Å². The van der Waals surface area contributed by atoms with Gasteiger partial charge >= 0.3 is 0 Å². The first-order valence-electron chi connectivity index (χ1n) is 11.3. The summed E-state index contributed by atoms with van der Waals surface area (Å²) in [5, 5.41) is 23.9. The molecule has 0 radical (unpaired) electrons. The molecule has 0 saturated heterocycles. The fraction of sp³-hybridized carbons (Fsp3) is 0.292. The van der Waals surface area contributed by atoms with Crippen LogP contribution in [0.3, 0.4) is 0 Å². The molecule has 7 N–H and O–H groups in total. The fourth-order valence-corrected chi connectivity index (χ4v) is 2.99. The van der Waals surface area contributed by atoms with Crippen LogP contribution < -0.4 is 16.8 Å². The van der Waals surface area contributed by atoms with E-state index in [0.29, 0.717) is 31.4 Å². The molecule has 0 bridgehead atoms. The van der Waals surface area contributed by atoms with E-state index in [0.717, 1.165) is 6.42 Å². The van der Waals surface area contributed by atoms with Crippen molar-refractivity contribution in [3.05, 3.63) is 66.7 Å². The second-order valence-corrected chi connectivity index (χ2v) is 6.98. The predicted molar refractivity (Wildman–Crippen MR) is 123 cm³/mol. The van der Waals surface area contributed by atoms with Crippen LogP contribution in [0.1, 0.15) is 34.5 Å². The second-order valence-electron chi connectivity index (χ2n) is 6.98. The number of carbonyl (C=O) groups excluding carboxylic acids is 1. The molecule has 6 nitrogen and oxygen atoms in total. The summed E-state index contributed by atoms with van der Waals surface area (Å²) in [5.74, 6) is -1.31. The highest BCUT2D eigenvalue weighted by molar-refractivity contribution is 5.97. The minimum absolute atomic E-state index is 0.0270. The SMILES string of the molecule is [2H]c1c([2H])c(-c2cc(CC=C)cc(NC(=O)[C@@H](N)CCCCN)c2O)c([2H])c(CC=C)c1O. The second kappa shape index (κ2) is 11.2. The fourth-order valence-electron chi connectivity index (χ4n) is 2.99. The average Bonchev–Trinajstić information content (AvgIpc) is 2.78. The van der Waals surface area contributed by atoms with Crippen molar-refractivity contribution in [1.82, 2.24) is 0 Å². The number of hydrogen-bond acceptors (Lipinski definition) is 5. The van der Waals surface area contributed by atoms with E-state index in [9.17, 15) is 15.0 Å². The highest BCUT2D eigenvalue weighted by Crippen LogP contribution is 2.38. The normalized spacial score (nSPS) is 13.1. The molecule has 1 atom stereocenters. The van der Waals surface area contributed by atoms with Gasteiger partial charge in [0.2, 0.25) is 5.91 Å². The number of phenols is 2. The largest absolute Gasteiger partial charge is 0.508 e. The Hall–Kier alpha value is -3.09. The van der Waals surface area contributed by atoms with Crippen LogP contribution in [0, 0.1) is 0 Å². The Morgan fingerprint density at radius 3 is 2.60 bits per heavy atom. The Morgan fingerprint density at radius 1 is 1.20 bits per heavy atom. The first kappa shape index (κ1) is 18.9. The molecule has 0 heterocycles. The first-order valence-corrected chi connectivity index (χ1v) is 9.83. The number of anilines is 1. The third-order valence-corrected chi connectivity index (χ3v) is 4.60. The quantitative estimate of drug-likeness (QED) is 0.219. The lowest BCUT2D eigenvalue weighted by Crippen LogP contribution is -2.35. The lowest BCUT2D eigenvalue weighted by atomic mass is 9.96. The van der Waals surface area contributed by atoms with Crippen LogP contribution in [-0.2, 0) is 17.6 Å². The summed E-state index contributed by atoms with van der Waals surface area (Å²) in [6, 6.07) is 1.29. The number of carbonyl (C=O) groups is 1. The maximum atomic E-state index is 12.6. The molecule has 0 aliphatic carbocycles. The summed E-state index contributed by atoms with van der Waals surface area (Å²) in [6.07, 6.45) is 5.48. The van der Waals surface area contributed by atoms with E-state index in [-0.39, 0.29) is 40.6 Å². The van der Waals surface area contributed by atoms with E-state index in [1.54, 1.807) is 18.2 Å². The van der Waals surface area contributed by atoms with Gasteiger partial charge in [0.15, 0.2) is 0 Å². The molecule has 0 aromatic heterocycles. The molecule has 0 fully saturated rings. The van der Waals surface area contributed by atoms with Gasteiger partial charge in [-0.05, 0) is 73.1 Å². The van der Waals surface area contributed by atoms with Crippen molar-refractivity contribution in [3.63, 3.8) is 0 Å². The summed E-state index contributed by atoms with van der Waals surface area (Å²) in [5.41, 5.74) is 12.4. The molecule has 0 saturated carbocycles. The Labute approximate surface area is 182 Å². The number of rotatable bonds is 11. The van der Waals surface area contributed by atoms with E-state index >= 15 is 0 Å². The highest BCUT2D eigenvalue weighted by atomic mass is 16.3. The third-order valence-electron chi connectivity index (χ3n) is 4.60. The molecule has 0 unspecified atom stereocenters. The highest BCUT2D eigenvalue weighted by Gasteiger charge is 2.18. The Bertz CT molecular complexity index is 1060. The first-order chi connectivity index (χ1) is 15.7. The predicted octanol–water partition coefficient (Wildman–Crippen LogP) is 3.62. The van der Waals surface area contributed by atoms with Crippen LogP contribution in [0.25, 0.3) is 11.1 Å². The van der Waals surface area contributed by atoms with Crippen molar-refractivity contribution < 1.29 is 19.1 Å². The minimum Gasteiger partial charge on any atom is -0.508 e. The smallest absolute Gasteiger partial charge is 0.241 e. The number of unbranched alkanes of at least 4 members (excludes halogenated alkanes) is 1. The maximum absolute atomic E-state index is 12.6. The van der Waals surface area contributed by atoms with Crippen molar-refractivity contribution in [2.45, 2.75) is 38.1 Å². The van der Waals surface area contributed by atoms with Gasteiger partial charge in [0.25, 0.3) is 0 Å². The van der Waals surface area contributed by atoms with Crippen LogP contribution in [0.15, 0.2) is 55.6 Å². The van der Waals surface area contributed by atoms with Gasteiger partial charge in [0, 0.05) is 5.56 Å². The van der Waals surface area contributed by atoms with Crippen LogP contribution >= 0.6 is 0 Å². The molecule has 30 heavy (non-hydrogen) atoms. The zero-order chi connectivity index (χ0) is 24.7. The third kappa shape index (κ3) is 5.95. The number of nitrogens with one attached hydrogen (secondary N) is 1. The summed E-state index contributed by atoms with van der Waals surface area (Å²) in [6.45, 7) is 7.83. The Kier molecular flexibility index (Phi) is 7.05. The topological polar surface area (TPSA) is 122 Å². The van der Waals surface area contributed by atoms with Gasteiger partial charge in [0.1, 0.15) is 11.5 Å². The van der Waals surface area contributed by atoms with E-state index < -0.39 is 29.8 Å². The number of allylic oxidation sites excluding steroid dienone is 2. The van der Waals surface area contributed by atoms with Gasteiger partial charge in [0.05, 0.1) is 15.8 Å². The van der Waals surface area contributed by atoms with Gasteiger partial charge in [-0.1, -0.05) is 24.6 Å². The molecular formula is C24H31N3O3. The summed E-state index contributed by atoms with van der Waals surface area (Å²) < 4.78 is 25.0. The number of nitrogens with two attached hydrogens (primary N) is 2. The monoisotopic (exact) mass is 412 g/mol. The molecule has 0 aliphatic rings. The number of hydrogen-bond donors (Lipinski definition) is 5. The molecule has 160 valence electrons. The number of amides is 1. The number of benzene rings is 2. The van der Waals surface area contributed by atoms with E-state index in [4.69, 9.17) is 15.6 Å². The summed E-state index contributed by atoms with van der Waals surface area (Å²) in [4.78, 5) is 12.6. The van der Waals surface area contributed by atoms with Gasteiger partial charge in [-0.3, -0.25) is 4.79 Å². The number of aromatic hydroxyl groups is 2. The maximum Gasteiger partial charge on any atom is 0.241 e. The van der Waals surface area contributed by atoms with Crippen LogP contribution in [0.2, 0.25) is 0 Å². The molecule has 2 aromatic rings. The van der Waals surface area contributed by atoms with E-state index in [1.165, 1.54) is 6.08 Å². The van der Waals surface area contributed by atoms with E-state index in [2.05, 4.69) is 18.5 Å². The molecule has 0 spiro atoms. The number of phenolic OH excluding ortho intramolecular Hbond substituents is 2. The van der Waals surface area contributed by atoms with Gasteiger partial charge in [-0.25, -0.2) is 0 Å². The molecule has 0 aliphatic heterocycles. The van der Waals surface area contributed by atoms with E-state index in [1.807, 2.05) is 0 Å². The minimum atomic E-state index is -0.798. The van der Waals surface area contributed by atoms with Crippen molar-refractivity contribution in [3.8, 4) is 22.6 Å². The zero-order valence-corrected chi connectivity index (χ0v) is 17.0. The van der Waals surface area contributed by atoms with Gasteiger partial charge in [-0.15, -0.1) is 13.2 Å². The molecular weight excluding hydrogens is 378 g/mol. The van der Waals surface area contributed by atoms with Crippen molar-refractivity contribution in [2.24, 2.45) is 11.5 Å². The standard InChI is InChI=1S/C24H31N3O3/c1-3-7-16-13-19(17-10-11-22(28)18(15-17)8-4-2)23(29)21(14-16)27-24(30)20(26)9-5-6-12-25/h3-4,10-11,13-15,20,28-29H,1-2,5-9,12,25-26H2,(H,27,30)/t20-/m0/s1/i10D,11D,15D. The van der Waals surface area contributed by atoms with Crippen molar-refractivity contribution in [2.75, 3.05) is 11.9 Å². The zero-order valence-electron chi connectivity index (χ0n) is 20.0. The molecule has 2 aromatic carbocycles. The van der Waals surface area contributed by atoms with Crippen molar-refractivity contribution >= 4 is 11.6 Å². The molecule has 2 rings (SSSR count). The summed E-state index contributed by atoms with van der Waals surface area (Å²) in [7, 11) is 0. The Morgan fingerprint density at radius 2 is 1.93 bits per heavy atom. The van der Waals surface area contributed by atoms with Crippen LogP contribution in [0.5, 0.6) is 11.5 Å². The molecule has 6 heteroatoms. The lowest BCUT2D eigenvalue weighted by Gasteiger charge is -2.17. The summed E-state index contributed by atoms with van der Waals surface area (Å²) >= 11 is 0. The average molecular weight is 413 g/mol. The van der Waals surface area contributed by atoms with Crippen molar-refractivity contribution in [1.29, 1.82) is 0 Å². The lowest BCUT2D eigenvalue weighted by molar-refractivity contribution is -0.117. The Balaban J connectivity index is 2.62. The van der Waals surface area contributed by atoms with Gasteiger partial charge < -0.3 is 27.0 Å². The van der Waals surface area contributed by atoms with Crippen LogP contribution in [-0.4, -0.2) is 28.7 Å². The van der Waals surface area contributed by atoms with Gasteiger partial charge in [-0.2, -0.15) is 0 Å².